The summed E-state index contributed by atoms with van der Waals surface area (Å²) in [5, 5.41) is 19.6. The van der Waals surface area contributed by atoms with E-state index in [0.29, 0.717) is 25.0 Å². The van der Waals surface area contributed by atoms with Gasteiger partial charge in [0.2, 0.25) is 5.91 Å². The first kappa shape index (κ1) is 23.3. The molecule has 11 heteroatoms. The number of halogens is 6. The summed E-state index contributed by atoms with van der Waals surface area (Å²) in [4.78, 5) is 23.1. The fraction of sp³-hybridized carbons (Fsp3) is 0.471. The molecule has 0 unspecified atom stereocenters. The van der Waals surface area contributed by atoms with Crippen LogP contribution < -0.4 is 5.32 Å². The maximum atomic E-state index is 12.8. The lowest BCUT2D eigenvalue weighted by atomic mass is 10.0. The Kier molecular flexibility index (Phi) is 7.84. The summed E-state index contributed by atoms with van der Waals surface area (Å²) >= 11 is 0. The zero-order valence-corrected chi connectivity index (χ0v) is 14.3. The number of rotatable bonds is 8. The molecule has 154 valence electrons. The minimum absolute atomic E-state index is 0.0286. The van der Waals surface area contributed by atoms with Gasteiger partial charge in [0, 0.05) is 6.42 Å². The molecule has 0 fully saturated rings. The topological polar surface area (TPSA) is 90.2 Å². The Bertz CT molecular complexity index is 720. The predicted molar refractivity (Wildman–Crippen MR) is 83.8 cm³/mol. The Morgan fingerprint density at radius 2 is 1.57 bits per heavy atom. The van der Waals surface area contributed by atoms with Crippen LogP contribution in [0.4, 0.5) is 26.3 Å². The van der Waals surface area contributed by atoms with E-state index in [1.807, 2.05) is 6.07 Å². The molecule has 0 saturated carbocycles. The van der Waals surface area contributed by atoms with Crippen molar-refractivity contribution in [3.05, 3.63) is 34.9 Å². The standard InChI is InChI=1S/C17H16F6N2O3/c18-16(19,20)11-6-10(7-12(9-11)17(21,22)23)8-14(26)25-13(15(27)28)4-2-1-3-5-24/h6-7,9,13H,1-4,8H2,(H,25,26)(H,27,28)/t13-/m0/s1. The number of carbonyl (C=O) groups excluding carboxylic acids is 1. The van der Waals surface area contributed by atoms with Crippen molar-refractivity contribution in [2.75, 3.05) is 0 Å². The first-order chi connectivity index (χ1) is 12.8. The van der Waals surface area contributed by atoms with Gasteiger partial charge in [-0.25, -0.2) is 4.79 Å². The lowest BCUT2D eigenvalue weighted by molar-refractivity contribution is -0.143. The van der Waals surface area contributed by atoms with Crippen molar-refractivity contribution in [3.63, 3.8) is 0 Å². The molecule has 0 aliphatic rings. The van der Waals surface area contributed by atoms with Crippen LogP contribution in [0.25, 0.3) is 0 Å². The molecule has 1 amide bonds. The quantitative estimate of drug-likeness (QED) is 0.502. The van der Waals surface area contributed by atoms with E-state index in [4.69, 9.17) is 10.4 Å². The van der Waals surface area contributed by atoms with E-state index >= 15 is 0 Å². The number of nitriles is 1. The molecule has 0 saturated heterocycles. The zero-order valence-electron chi connectivity index (χ0n) is 14.3. The van der Waals surface area contributed by atoms with Crippen molar-refractivity contribution in [1.82, 2.24) is 5.32 Å². The van der Waals surface area contributed by atoms with Gasteiger partial charge in [-0.15, -0.1) is 0 Å². The van der Waals surface area contributed by atoms with Crippen molar-refractivity contribution in [2.45, 2.75) is 50.5 Å². The molecule has 0 aliphatic heterocycles. The molecule has 0 aliphatic carbocycles. The van der Waals surface area contributed by atoms with Crippen molar-refractivity contribution in [2.24, 2.45) is 0 Å². The number of unbranched alkanes of at least 4 members (excludes halogenated alkanes) is 2. The number of hydrogen-bond acceptors (Lipinski definition) is 3. The predicted octanol–water partition coefficient (Wildman–Crippen LogP) is 3.92. The molecular weight excluding hydrogens is 394 g/mol. The first-order valence-corrected chi connectivity index (χ1v) is 8.02. The maximum Gasteiger partial charge on any atom is 0.416 e. The number of carboxylic acids is 1. The Morgan fingerprint density at radius 1 is 1.04 bits per heavy atom. The van der Waals surface area contributed by atoms with Crippen LogP contribution >= 0.6 is 0 Å². The lowest BCUT2D eigenvalue weighted by Crippen LogP contribution is -2.41. The number of hydrogen-bond donors (Lipinski definition) is 2. The largest absolute Gasteiger partial charge is 0.480 e. The highest BCUT2D eigenvalue weighted by Gasteiger charge is 2.37. The smallest absolute Gasteiger partial charge is 0.416 e. The Balaban J connectivity index is 2.94. The molecule has 5 nitrogen and oxygen atoms in total. The van der Waals surface area contributed by atoms with E-state index in [9.17, 15) is 35.9 Å². The summed E-state index contributed by atoms with van der Waals surface area (Å²) in [5.74, 6) is -2.43. The number of nitrogens with one attached hydrogen (secondary N) is 1. The fourth-order valence-electron chi connectivity index (χ4n) is 2.36. The normalized spacial score (nSPS) is 12.9. The van der Waals surface area contributed by atoms with Crippen LogP contribution in [0.3, 0.4) is 0 Å². The van der Waals surface area contributed by atoms with Gasteiger partial charge in [-0.3, -0.25) is 4.79 Å². The van der Waals surface area contributed by atoms with Crippen LogP contribution in [0.1, 0.15) is 42.4 Å². The van der Waals surface area contributed by atoms with Gasteiger partial charge in [-0.05, 0) is 43.0 Å². The summed E-state index contributed by atoms with van der Waals surface area (Å²) < 4.78 is 76.9. The highest BCUT2D eigenvalue weighted by Crippen LogP contribution is 2.36. The molecule has 1 aromatic rings. The Labute approximate surface area is 155 Å². The number of nitrogens with zero attached hydrogens (tertiary/aromatic N) is 1. The van der Waals surface area contributed by atoms with Gasteiger partial charge in [0.1, 0.15) is 6.04 Å². The minimum Gasteiger partial charge on any atom is -0.480 e. The number of amides is 1. The van der Waals surface area contributed by atoms with Gasteiger partial charge >= 0.3 is 18.3 Å². The molecule has 0 heterocycles. The third kappa shape index (κ3) is 7.46. The number of carbonyl (C=O) groups is 2. The molecule has 2 N–H and O–H groups in total. The third-order valence-corrected chi connectivity index (χ3v) is 3.68. The highest BCUT2D eigenvalue weighted by molar-refractivity contribution is 5.84. The van der Waals surface area contributed by atoms with Crippen molar-refractivity contribution in [1.29, 1.82) is 5.26 Å². The molecule has 28 heavy (non-hydrogen) atoms. The van der Waals surface area contributed by atoms with Crippen LogP contribution in [0, 0.1) is 11.3 Å². The highest BCUT2D eigenvalue weighted by atomic mass is 19.4. The minimum atomic E-state index is -5.04. The number of alkyl halides is 6. The van der Waals surface area contributed by atoms with Gasteiger partial charge in [0.15, 0.2) is 0 Å². The molecule has 0 aromatic heterocycles. The molecule has 0 spiro atoms. The van der Waals surface area contributed by atoms with Crippen LogP contribution in [-0.2, 0) is 28.4 Å². The zero-order chi connectivity index (χ0) is 21.5. The van der Waals surface area contributed by atoms with Crippen LogP contribution in [0.5, 0.6) is 0 Å². The summed E-state index contributed by atoms with van der Waals surface area (Å²) in [6, 6.07) is 1.27. The van der Waals surface area contributed by atoms with Gasteiger partial charge in [-0.2, -0.15) is 31.6 Å². The lowest BCUT2D eigenvalue weighted by Gasteiger charge is -2.16. The number of carboxylic acid groups (broad SMARTS) is 1. The fourth-order valence-corrected chi connectivity index (χ4v) is 2.36. The maximum absolute atomic E-state index is 12.8. The third-order valence-electron chi connectivity index (χ3n) is 3.68. The second kappa shape index (κ2) is 9.43. The van der Waals surface area contributed by atoms with Crippen molar-refractivity contribution >= 4 is 11.9 Å². The van der Waals surface area contributed by atoms with Gasteiger partial charge in [0.25, 0.3) is 0 Å². The molecular formula is C17H16F6N2O3. The molecule has 1 atom stereocenters. The second-order valence-electron chi connectivity index (χ2n) is 5.95. The van der Waals surface area contributed by atoms with Gasteiger partial charge in [-0.1, -0.05) is 0 Å². The SMILES string of the molecule is N#CCCCC[C@H](NC(=O)Cc1cc(C(F)(F)F)cc(C(F)(F)F)c1)C(=O)O. The molecule has 0 bridgehead atoms. The van der Waals surface area contributed by atoms with Crippen LogP contribution in [0.15, 0.2) is 18.2 Å². The molecule has 1 rings (SSSR count). The summed E-state index contributed by atoms with van der Waals surface area (Å²) in [5.41, 5.74) is -3.67. The number of aliphatic carboxylic acids is 1. The van der Waals surface area contributed by atoms with E-state index < -0.39 is 53.4 Å². The monoisotopic (exact) mass is 410 g/mol. The average Bonchev–Trinajstić information content (AvgIpc) is 2.55. The Hall–Kier alpha value is -2.77. The van der Waals surface area contributed by atoms with Gasteiger partial charge in [0.05, 0.1) is 23.6 Å². The van der Waals surface area contributed by atoms with Crippen molar-refractivity contribution < 1.29 is 41.0 Å². The molecule has 0 radical (unpaired) electrons. The van der Waals surface area contributed by atoms with E-state index in [1.165, 1.54) is 0 Å². The van der Waals surface area contributed by atoms with E-state index in [1.54, 1.807) is 0 Å². The van der Waals surface area contributed by atoms with E-state index in [2.05, 4.69) is 5.32 Å². The number of benzene rings is 1. The van der Waals surface area contributed by atoms with E-state index in [0.717, 1.165) is 0 Å². The Morgan fingerprint density at radius 3 is 2.00 bits per heavy atom. The summed E-state index contributed by atoms with van der Waals surface area (Å²) in [6.45, 7) is 0. The second-order valence-corrected chi connectivity index (χ2v) is 5.95. The van der Waals surface area contributed by atoms with Crippen molar-refractivity contribution in [3.8, 4) is 6.07 Å². The molecule has 1 aromatic carbocycles. The van der Waals surface area contributed by atoms with Crippen LogP contribution in [-0.4, -0.2) is 23.0 Å². The summed E-state index contributed by atoms with van der Waals surface area (Å²) in [6.07, 6.45) is -10.1. The average molecular weight is 410 g/mol. The van der Waals surface area contributed by atoms with Gasteiger partial charge < -0.3 is 10.4 Å². The summed E-state index contributed by atoms with van der Waals surface area (Å²) in [7, 11) is 0. The van der Waals surface area contributed by atoms with E-state index in [-0.39, 0.29) is 18.9 Å². The first-order valence-electron chi connectivity index (χ1n) is 8.02. The van der Waals surface area contributed by atoms with Crippen LogP contribution in [0.2, 0.25) is 0 Å².